The van der Waals surface area contributed by atoms with Crippen molar-refractivity contribution < 1.29 is 8.42 Å². The summed E-state index contributed by atoms with van der Waals surface area (Å²) < 4.78 is 28.3. The summed E-state index contributed by atoms with van der Waals surface area (Å²) in [6.45, 7) is 2.32. The molecule has 3 N–H and O–H groups in total. The van der Waals surface area contributed by atoms with Crippen LogP contribution in [0.3, 0.4) is 0 Å². The summed E-state index contributed by atoms with van der Waals surface area (Å²) in [6.07, 6.45) is 1.35. The van der Waals surface area contributed by atoms with Crippen LogP contribution in [0.5, 0.6) is 0 Å². The highest BCUT2D eigenvalue weighted by Gasteiger charge is 2.21. The van der Waals surface area contributed by atoms with Gasteiger partial charge in [0.1, 0.15) is 11.0 Å². The minimum Gasteiger partial charge on any atom is -0.381 e. The highest BCUT2D eigenvalue weighted by Crippen LogP contribution is 2.24. The number of aryl methyl sites for hydroxylation is 1. The predicted molar refractivity (Wildman–Crippen MR) is 79.3 cm³/mol. The van der Waals surface area contributed by atoms with Crippen molar-refractivity contribution in [2.24, 2.45) is 0 Å². The molecule has 0 aliphatic heterocycles. The number of nitrogen functional groups attached to an aromatic ring is 1. The molecule has 0 saturated heterocycles. The van der Waals surface area contributed by atoms with Gasteiger partial charge in [-0.25, -0.2) is 8.42 Å². The molecule has 0 amide bonds. The number of rotatable bonds is 4. The molecule has 0 aliphatic rings. The Labute approximate surface area is 127 Å². The normalized spacial score (nSPS) is 11.1. The summed E-state index contributed by atoms with van der Waals surface area (Å²) in [5, 5.41) is 12.8. The number of anilines is 2. The van der Waals surface area contributed by atoms with E-state index in [2.05, 4.69) is 9.82 Å². The molecule has 21 heavy (non-hydrogen) atoms. The van der Waals surface area contributed by atoms with E-state index in [1.807, 2.05) is 13.0 Å². The fraction of sp³-hybridized carbons (Fsp3) is 0.167. The summed E-state index contributed by atoms with van der Waals surface area (Å²) in [5.41, 5.74) is 6.11. The second-order valence-corrected chi connectivity index (χ2v) is 6.20. The van der Waals surface area contributed by atoms with Crippen molar-refractivity contribution in [2.45, 2.75) is 18.4 Å². The molecule has 110 valence electrons. The summed E-state index contributed by atoms with van der Waals surface area (Å²) in [6, 6.07) is 6.13. The van der Waals surface area contributed by atoms with Crippen LogP contribution < -0.4 is 10.5 Å². The lowest BCUT2D eigenvalue weighted by molar-refractivity contribution is 0.600. The van der Waals surface area contributed by atoms with Crippen LogP contribution >= 0.6 is 11.6 Å². The molecule has 2 rings (SSSR count). The smallest absolute Gasteiger partial charge is 0.267 e. The molecule has 1 heterocycles. The van der Waals surface area contributed by atoms with Crippen LogP contribution in [0.2, 0.25) is 5.02 Å². The monoisotopic (exact) mass is 325 g/mol. The van der Waals surface area contributed by atoms with Gasteiger partial charge in [0.25, 0.3) is 10.0 Å². The second-order valence-electron chi connectivity index (χ2n) is 4.15. The Balaban J connectivity index is 2.35. The van der Waals surface area contributed by atoms with Crippen molar-refractivity contribution in [3.05, 3.63) is 35.0 Å². The maximum Gasteiger partial charge on any atom is 0.267 e. The van der Waals surface area contributed by atoms with E-state index in [-0.39, 0.29) is 27.0 Å². The van der Waals surface area contributed by atoms with E-state index < -0.39 is 10.0 Å². The molecule has 0 radical (unpaired) electrons. The number of hydrogen-bond acceptors (Lipinski definition) is 5. The van der Waals surface area contributed by atoms with Gasteiger partial charge in [0.15, 0.2) is 5.82 Å². The van der Waals surface area contributed by atoms with Crippen molar-refractivity contribution in [3.63, 3.8) is 0 Å². The highest BCUT2D eigenvalue weighted by atomic mass is 35.5. The molecule has 2 aromatic rings. The first-order valence-electron chi connectivity index (χ1n) is 5.92. The third kappa shape index (κ3) is 3.09. The fourth-order valence-electron chi connectivity index (χ4n) is 1.67. The molecule has 7 nitrogen and oxygen atoms in total. The molecular formula is C12H12ClN5O2S. The molecule has 1 aromatic heterocycles. The summed E-state index contributed by atoms with van der Waals surface area (Å²) in [4.78, 5) is -0.107. The molecule has 0 saturated carbocycles. The van der Waals surface area contributed by atoms with Gasteiger partial charge in [-0.3, -0.25) is 9.40 Å². The van der Waals surface area contributed by atoms with Gasteiger partial charge in [0, 0.05) is 12.7 Å². The summed E-state index contributed by atoms with van der Waals surface area (Å²) in [7, 11) is -3.87. The maximum absolute atomic E-state index is 12.3. The van der Waals surface area contributed by atoms with Crippen LogP contribution in [0.1, 0.15) is 12.5 Å². The van der Waals surface area contributed by atoms with E-state index in [4.69, 9.17) is 22.6 Å². The van der Waals surface area contributed by atoms with E-state index >= 15 is 0 Å². The molecule has 1 aromatic carbocycles. The van der Waals surface area contributed by atoms with E-state index in [9.17, 15) is 8.42 Å². The molecule has 0 bridgehead atoms. The van der Waals surface area contributed by atoms with E-state index in [1.165, 1.54) is 29.1 Å². The number of nitrogens with zero attached hydrogens (tertiary/aromatic N) is 3. The predicted octanol–water partition coefficient (Wildman–Crippen LogP) is 1.81. The number of sulfonamides is 1. The van der Waals surface area contributed by atoms with E-state index in [0.29, 0.717) is 6.54 Å². The van der Waals surface area contributed by atoms with Crippen LogP contribution in [-0.4, -0.2) is 18.2 Å². The quantitative estimate of drug-likeness (QED) is 0.889. The van der Waals surface area contributed by atoms with Gasteiger partial charge in [-0.05, 0) is 25.1 Å². The Morgan fingerprint density at radius 1 is 1.52 bits per heavy atom. The van der Waals surface area contributed by atoms with Crippen molar-refractivity contribution in [2.75, 3.05) is 10.5 Å². The number of nitrogens with one attached hydrogen (secondary N) is 1. The van der Waals surface area contributed by atoms with Gasteiger partial charge < -0.3 is 5.73 Å². The van der Waals surface area contributed by atoms with Crippen molar-refractivity contribution >= 4 is 33.1 Å². The number of nitriles is 1. The Morgan fingerprint density at radius 3 is 2.76 bits per heavy atom. The average Bonchev–Trinajstić information content (AvgIpc) is 2.81. The number of nitrogens with two attached hydrogens (primary N) is 1. The fourth-order valence-corrected chi connectivity index (χ4v) is 3.01. The van der Waals surface area contributed by atoms with E-state index in [0.717, 1.165) is 0 Å². The van der Waals surface area contributed by atoms with Crippen molar-refractivity contribution in [1.29, 1.82) is 5.26 Å². The molecular weight excluding hydrogens is 314 g/mol. The first-order valence-corrected chi connectivity index (χ1v) is 7.79. The third-order valence-electron chi connectivity index (χ3n) is 2.71. The standard InChI is InChI=1S/C12H12ClN5O2S/c1-2-18-7-11(12(15)16-18)21(19,20)17-9-4-3-8(6-14)10(13)5-9/h3-5,7,17H,2H2,1H3,(H2,15,16). The zero-order chi connectivity index (χ0) is 15.6. The lowest BCUT2D eigenvalue weighted by atomic mass is 10.2. The Hall–Kier alpha value is -2.24. The van der Waals surface area contributed by atoms with Gasteiger partial charge in [-0.2, -0.15) is 10.4 Å². The van der Waals surface area contributed by atoms with Gasteiger partial charge in [0.05, 0.1) is 16.3 Å². The molecule has 0 unspecified atom stereocenters. The topological polar surface area (TPSA) is 114 Å². The van der Waals surface area contributed by atoms with Crippen LogP contribution in [-0.2, 0) is 16.6 Å². The Kier molecular flexibility index (Phi) is 4.06. The van der Waals surface area contributed by atoms with Gasteiger partial charge in [0.2, 0.25) is 0 Å². The lowest BCUT2D eigenvalue weighted by Gasteiger charge is -2.07. The number of aromatic nitrogens is 2. The zero-order valence-electron chi connectivity index (χ0n) is 11.0. The number of hydrogen-bond donors (Lipinski definition) is 2. The molecule has 0 atom stereocenters. The molecule has 0 fully saturated rings. The van der Waals surface area contributed by atoms with Crippen LogP contribution in [0.15, 0.2) is 29.3 Å². The number of halogens is 1. The van der Waals surface area contributed by atoms with Gasteiger partial charge in [-0.15, -0.1) is 0 Å². The van der Waals surface area contributed by atoms with Crippen molar-refractivity contribution in [1.82, 2.24) is 9.78 Å². The SMILES string of the molecule is CCn1cc(S(=O)(=O)Nc2ccc(C#N)c(Cl)c2)c(N)n1. The summed E-state index contributed by atoms with van der Waals surface area (Å²) >= 11 is 5.86. The maximum atomic E-state index is 12.3. The van der Waals surface area contributed by atoms with Crippen molar-refractivity contribution in [3.8, 4) is 6.07 Å². The highest BCUT2D eigenvalue weighted by molar-refractivity contribution is 7.92. The first-order chi connectivity index (χ1) is 9.87. The second kappa shape index (κ2) is 5.63. The minimum absolute atomic E-state index is 0.0795. The van der Waals surface area contributed by atoms with Gasteiger partial charge >= 0.3 is 0 Å². The molecule has 0 aliphatic carbocycles. The molecule has 0 spiro atoms. The first kappa shape index (κ1) is 15.2. The van der Waals surface area contributed by atoms with Crippen LogP contribution in [0.4, 0.5) is 11.5 Å². The van der Waals surface area contributed by atoms with Gasteiger partial charge in [-0.1, -0.05) is 11.6 Å². The number of benzene rings is 1. The largest absolute Gasteiger partial charge is 0.381 e. The van der Waals surface area contributed by atoms with E-state index in [1.54, 1.807) is 0 Å². The lowest BCUT2D eigenvalue weighted by Crippen LogP contribution is -2.14. The Bertz CT molecular complexity index is 823. The zero-order valence-corrected chi connectivity index (χ0v) is 12.6. The van der Waals surface area contributed by atoms with Crippen LogP contribution in [0.25, 0.3) is 0 Å². The van der Waals surface area contributed by atoms with Crippen LogP contribution in [0, 0.1) is 11.3 Å². The average molecular weight is 326 g/mol. The third-order valence-corrected chi connectivity index (χ3v) is 4.42. The Morgan fingerprint density at radius 2 is 2.24 bits per heavy atom. The minimum atomic E-state index is -3.87. The molecule has 9 heteroatoms. The summed E-state index contributed by atoms with van der Waals surface area (Å²) in [5.74, 6) is -0.0795.